The van der Waals surface area contributed by atoms with Crippen molar-refractivity contribution in [3.05, 3.63) is 54.4 Å². The van der Waals surface area contributed by atoms with E-state index in [1.54, 1.807) is 0 Å². The van der Waals surface area contributed by atoms with Gasteiger partial charge in [-0.2, -0.15) is 0 Å². The molecule has 1 aromatic heterocycles. The molecular weight excluding hydrogens is 339 g/mol. The monoisotopic (exact) mass is 348 g/mol. The van der Waals surface area contributed by atoms with Gasteiger partial charge in [0.2, 0.25) is 0 Å². The third-order valence-corrected chi connectivity index (χ3v) is 5.19. The number of benzene rings is 1. The molecule has 2 rings (SSSR count). The molecule has 0 spiro atoms. The topological polar surface area (TPSA) is 20.2 Å². The molecule has 18 heavy (non-hydrogen) atoms. The van der Waals surface area contributed by atoms with Gasteiger partial charge < -0.3 is 5.11 Å². The lowest BCUT2D eigenvalue weighted by molar-refractivity contribution is 0.218. The van der Waals surface area contributed by atoms with Gasteiger partial charge in [0, 0.05) is 19.8 Å². The fraction of sp³-hybridized carbons (Fsp3) is 0.231. The fourth-order valence-electron chi connectivity index (χ4n) is 1.64. The van der Waals surface area contributed by atoms with Gasteiger partial charge in [-0.05, 0) is 53.5 Å². The summed E-state index contributed by atoms with van der Waals surface area (Å²) in [6.07, 6.45) is -0.979. The second kappa shape index (κ2) is 5.29. The Morgan fingerprint density at radius 1 is 1.33 bits per heavy atom. The minimum absolute atomic E-state index is 0.199. The van der Waals surface area contributed by atoms with Crippen LogP contribution in [-0.2, 0) is 0 Å². The van der Waals surface area contributed by atoms with Gasteiger partial charge in [0.1, 0.15) is 11.9 Å². The molecule has 0 bridgehead atoms. The second-order valence-corrected chi connectivity index (χ2v) is 6.63. The molecule has 0 aliphatic rings. The molecule has 1 nitrogen and oxygen atoms in total. The van der Waals surface area contributed by atoms with Crippen molar-refractivity contribution in [1.82, 2.24) is 0 Å². The Labute approximate surface area is 122 Å². The third kappa shape index (κ3) is 2.62. The zero-order valence-electron chi connectivity index (χ0n) is 9.80. The van der Waals surface area contributed by atoms with Crippen LogP contribution in [0.2, 0.25) is 5.02 Å². The average molecular weight is 350 g/mol. The molecule has 1 N–H and O–H groups in total. The average Bonchev–Trinajstić information content (AvgIpc) is 2.63. The highest BCUT2D eigenvalue weighted by Gasteiger charge is 2.19. The van der Waals surface area contributed by atoms with Gasteiger partial charge in [0.25, 0.3) is 0 Å². The van der Waals surface area contributed by atoms with Crippen LogP contribution in [0, 0.1) is 19.7 Å². The number of aliphatic hydroxyl groups is 1. The number of aryl methyl sites for hydroxylation is 2. The van der Waals surface area contributed by atoms with Crippen LogP contribution in [0.5, 0.6) is 0 Å². The van der Waals surface area contributed by atoms with E-state index in [0.29, 0.717) is 9.50 Å². The van der Waals surface area contributed by atoms with Crippen LogP contribution in [-0.4, -0.2) is 5.11 Å². The molecule has 1 unspecified atom stereocenters. The molecular formula is C13H11BrClFOS. The van der Waals surface area contributed by atoms with Crippen LogP contribution < -0.4 is 0 Å². The summed E-state index contributed by atoms with van der Waals surface area (Å²) < 4.78 is 14.3. The lowest BCUT2D eigenvalue weighted by atomic mass is 10.1. The summed E-state index contributed by atoms with van der Waals surface area (Å²) in [5.41, 5.74) is 1.29. The van der Waals surface area contributed by atoms with Gasteiger partial charge in [-0.15, -0.1) is 11.3 Å². The first kappa shape index (κ1) is 14.0. The zero-order valence-corrected chi connectivity index (χ0v) is 13.0. The molecule has 0 saturated heterocycles. The lowest BCUT2D eigenvalue weighted by Gasteiger charge is -2.11. The maximum absolute atomic E-state index is 13.8. The summed E-state index contributed by atoms with van der Waals surface area (Å²) >= 11 is 10.5. The first-order chi connectivity index (χ1) is 8.40. The number of halogens is 3. The highest BCUT2D eigenvalue weighted by molar-refractivity contribution is 9.10. The zero-order chi connectivity index (χ0) is 13.4. The number of rotatable bonds is 2. The standard InChI is InChI=1S/C13H11BrClFOS/c1-6-3-12(18-7(6)2)13(17)8-4-10(15)9(14)5-11(8)16/h3-5,13,17H,1-2H3. The van der Waals surface area contributed by atoms with E-state index in [1.165, 1.54) is 23.5 Å². The van der Waals surface area contributed by atoms with Crippen molar-refractivity contribution in [2.45, 2.75) is 20.0 Å². The first-order valence-corrected chi connectivity index (χ1v) is 7.28. The van der Waals surface area contributed by atoms with E-state index in [-0.39, 0.29) is 5.56 Å². The third-order valence-electron chi connectivity index (χ3n) is 2.79. The summed E-state index contributed by atoms with van der Waals surface area (Å²) in [5.74, 6) is -0.470. The largest absolute Gasteiger partial charge is 0.383 e. The van der Waals surface area contributed by atoms with E-state index in [4.69, 9.17) is 11.6 Å². The van der Waals surface area contributed by atoms with Crippen LogP contribution in [0.1, 0.15) is 27.0 Å². The van der Waals surface area contributed by atoms with E-state index in [9.17, 15) is 9.50 Å². The maximum atomic E-state index is 13.8. The number of hydrogen-bond acceptors (Lipinski definition) is 2. The van der Waals surface area contributed by atoms with Crippen LogP contribution in [0.15, 0.2) is 22.7 Å². The highest BCUT2D eigenvalue weighted by atomic mass is 79.9. The van der Waals surface area contributed by atoms with Crippen molar-refractivity contribution in [1.29, 1.82) is 0 Å². The van der Waals surface area contributed by atoms with Crippen LogP contribution >= 0.6 is 38.9 Å². The Hall–Kier alpha value is -0.420. The molecule has 0 saturated carbocycles. The fourth-order valence-corrected chi connectivity index (χ4v) is 3.17. The van der Waals surface area contributed by atoms with Crippen molar-refractivity contribution < 1.29 is 9.50 Å². The number of aliphatic hydroxyl groups excluding tert-OH is 1. The van der Waals surface area contributed by atoms with Crippen molar-refractivity contribution >= 4 is 38.9 Å². The molecule has 0 amide bonds. The Bertz CT molecular complexity index is 577. The van der Waals surface area contributed by atoms with Crippen LogP contribution in [0.25, 0.3) is 0 Å². The predicted molar refractivity (Wildman–Crippen MR) is 77.0 cm³/mol. The van der Waals surface area contributed by atoms with Gasteiger partial charge in [0.05, 0.1) is 5.02 Å². The van der Waals surface area contributed by atoms with Crippen molar-refractivity contribution in [2.24, 2.45) is 0 Å². The molecule has 0 aliphatic carbocycles. The minimum atomic E-state index is -0.979. The van der Waals surface area contributed by atoms with Crippen molar-refractivity contribution in [3.63, 3.8) is 0 Å². The smallest absolute Gasteiger partial charge is 0.130 e. The van der Waals surface area contributed by atoms with Crippen LogP contribution in [0.3, 0.4) is 0 Å². The van der Waals surface area contributed by atoms with Crippen LogP contribution in [0.4, 0.5) is 4.39 Å². The van der Waals surface area contributed by atoms with Crippen molar-refractivity contribution in [2.75, 3.05) is 0 Å². The molecule has 2 aromatic rings. The van der Waals surface area contributed by atoms with E-state index in [0.717, 1.165) is 15.3 Å². The Kier molecular flexibility index (Phi) is 4.11. The summed E-state index contributed by atoms with van der Waals surface area (Å²) in [6.45, 7) is 3.94. The lowest BCUT2D eigenvalue weighted by Crippen LogP contribution is -2.01. The highest BCUT2D eigenvalue weighted by Crippen LogP contribution is 2.35. The Morgan fingerprint density at radius 2 is 2.00 bits per heavy atom. The molecule has 1 heterocycles. The second-order valence-electron chi connectivity index (χ2n) is 4.08. The summed E-state index contributed by atoms with van der Waals surface area (Å²) in [4.78, 5) is 1.84. The molecule has 5 heteroatoms. The molecule has 0 radical (unpaired) electrons. The van der Waals surface area contributed by atoms with Crippen molar-refractivity contribution in [3.8, 4) is 0 Å². The molecule has 0 fully saturated rings. The summed E-state index contributed by atoms with van der Waals surface area (Å²) in [6, 6.07) is 4.60. The Morgan fingerprint density at radius 3 is 2.56 bits per heavy atom. The van der Waals surface area contributed by atoms with Gasteiger partial charge in [-0.1, -0.05) is 11.6 Å². The van der Waals surface area contributed by atoms with Gasteiger partial charge >= 0.3 is 0 Å². The number of thiophene rings is 1. The van der Waals surface area contributed by atoms with E-state index in [1.807, 2.05) is 19.9 Å². The molecule has 96 valence electrons. The Balaban J connectivity index is 2.45. The summed E-state index contributed by atoms with van der Waals surface area (Å²) in [5, 5.41) is 10.6. The predicted octanol–water partition coefficient (Wildman–Crippen LogP) is 5.00. The minimum Gasteiger partial charge on any atom is -0.383 e. The van der Waals surface area contributed by atoms with E-state index >= 15 is 0 Å². The van der Waals surface area contributed by atoms with E-state index in [2.05, 4.69) is 15.9 Å². The SMILES string of the molecule is Cc1cc(C(O)c2cc(Cl)c(Br)cc2F)sc1C. The first-order valence-electron chi connectivity index (χ1n) is 5.29. The van der Waals surface area contributed by atoms with Gasteiger partial charge in [0.15, 0.2) is 0 Å². The molecule has 0 aliphatic heterocycles. The molecule has 1 aromatic carbocycles. The summed E-state index contributed by atoms with van der Waals surface area (Å²) in [7, 11) is 0. The normalized spacial score (nSPS) is 12.8. The van der Waals surface area contributed by atoms with Gasteiger partial charge in [-0.3, -0.25) is 0 Å². The quantitative estimate of drug-likeness (QED) is 0.756. The van der Waals surface area contributed by atoms with E-state index < -0.39 is 11.9 Å². The van der Waals surface area contributed by atoms with Gasteiger partial charge in [-0.25, -0.2) is 4.39 Å². The molecule has 1 atom stereocenters. The maximum Gasteiger partial charge on any atom is 0.130 e. The number of hydrogen-bond donors (Lipinski definition) is 1.